The Labute approximate surface area is 200 Å². The molecule has 2 heteroatoms. The fraction of sp³-hybridized carbons (Fsp3) is 0.552. The molecule has 0 aliphatic heterocycles. The standard InChI is InChI=1S/C12H20.C10H14.C6H13N.CH2S/c1-6-7-11(4)8-9-12(5)10(2)3;1-8-6-9-4-2-3-5-10(9)7-8;1-4-6-7(3)5-2;1-2/h8-9H,4,6-7H2,1-3,5H3;2,4,8H,3,5-7H2,1H3;4H,1,5-6H2,2-3H3;1H2/b9-8-;;;. The molecule has 2 aliphatic carbocycles. The molecule has 0 saturated carbocycles. The van der Waals surface area contributed by atoms with Crippen molar-refractivity contribution in [2.75, 3.05) is 20.1 Å². The molecular formula is C29H49NS. The van der Waals surface area contributed by atoms with Crippen molar-refractivity contribution in [2.24, 2.45) is 5.92 Å². The van der Waals surface area contributed by atoms with E-state index in [-0.39, 0.29) is 0 Å². The third-order valence-corrected chi connectivity index (χ3v) is 5.46. The van der Waals surface area contributed by atoms with E-state index in [1.165, 1.54) is 48.8 Å². The van der Waals surface area contributed by atoms with E-state index in [2.05, 4.69) is 109 Å². The van der Waals surface area contributed by atoms with Gasteiger partial charge in [0.1, 0.15) is 0 Å². The van der Waals surface area contributed by atoms with Gasteiger partial charge in [-0.2, -0.15) is 0 Å². The molecule has 31 heavy (non-hydrogen) atoms. The lowest BCUT2D eigenvalue weighted by molar-refractivity contribution is 0.392. The molecule has 1 nitrogen and oxygen atoms in total. The third-order valence-electron chi connectivity index (χ3n) is 5.46. The summed E-state index contributed by atoms with van der Waals surface area (Å²) < 4.78 is 0. The SMILES string of the molecule is C=C(/C=C\C(C)=C(C)C)CCC.C=CCN(C)CC.C=S.CC1CC2=C(CCC=C2)C1. The van der Waals surface area contributed by atoms with Crippen LogP contribution in [0, 0.1) is 5.92 Å². The molecule has 0 aromatic heterocycles. The van der Waals surface area contributed by atoms with Crippen molar-refractivity contribution in [1.29, 1.82) is 0 Å². The van der Waals surface area contributed by atoms with E-state index in [1.54, 1.807) is 11.1 Å². The van der Waals surface area contributed by atoms with Crippen LogP contribution in [0.25, 0.3) is 0 Å². The van der Waals surface area contributed by atoms with E-state index in [9.17, 15) is 0 Å². The maximum Gasteiger partial charge on any atom is 0.0157 e. The normalized spacial score (nSPS) is 16.3. The largest absolute Gasteiger partial charge is 0.303 e. The first kappa shape index (κ1) is 31.7. The molecule has 0 fully saturated rings. The number of allylic oxidation sites excluding steroid dienone is 9. The predicted octanol–water partition coefficient (Wildman–Crippen LogP) is 9.06. The summed E-state index contributed by atoms with van der Waals surface area (Å²) in [6.45, 7) is 22.7. The number of likely N-dealkylation sites (N-methyl/N-ethyl adjacent to an activating group) is 1. The average molecular weight is 444 g/mol. The summed E-state index contributed by atoms with van der Waals surface area (Å²) in [6.07, 6.45) is 18.4. The number of rotatable bonds is 7. The van der Waals surface area contributed by atoms with E-state index >= 15 is 0 Å². The molecule has 0 aromatic carbocycles. The molecule has 0 spiro atoms. The lowest BCUT2D eigenvalue weighted by Gasteiger charge is -2.08. The van der Waals surface area contributed by atoms with Crippen molar-refractivity contribution in [3.63, 3.8) is 0 Å². The van der Waals surface area contributed by atoms with Crippen LogP contribution in [-0.2, 0) is 0 Å². The summed E-state index contributed by atoms with van der Waals surface area (Å²) in [5.41, 5.74) is 7.33. The van der Waals surface area contributed by atoms with Gasteiger partial charge in [0.2, 0.25) is 0 Å². The number of hydrogen-bond acceptors (Lipinski definition) is 2. The van der Waals surface area contributed by atoms with Gasteiger partial charge in [-0.15, -0.1) is 6.58 Å². The van der Waals surface area contributed by atoms with E-state index in [0.29, 0.717) is 0 Å². The summed E-state index contributed by atoms with van der Waals surface area (Å²) in [4.78, 5) is 2.19. The third kappa shape index (κ3) is 16.8. The second kappa shape index (κ2) is 20.4. The highest BCUT2D eigenvalue weighted by Gasteiger charge is 2.19. The zero-order valence-electron chi connectivity index (χ0n) is 21.6. The molecule has 0 aromatic rings. The Kier molecular flexibility index (Phi) is 20.8. The number of thiocarbonyl (C=S) groups is 1. The van der Waals surface area contributed by atoms with Crippen LogP contribution in [0.2, 0.25) is 0 Å². The summed E-state index contributed by atoms with van der Waals surface area (Å²) in [7, 11) is 2.07. The van der Waals surface area contributed by atoms with Crippen LogP contribution in [0.15, 0.2) is 71.4 Å². The van der Waals surface area contributed by atoms with Crippen molar-refractivity contribution in [3.05, 3.63) is 71.4 Å². The van der Waals surface area contributed by atoms with Gasteiger partial charge in [0, 0.05) is 6.54 Å². The minimum atomic E-state index is 0.924. The van der Waals surface area contributed by atoms with Gasteiger partial charge in [0.25, 0.3) is 0 Å². The Hall–Kier alpha value is -1.51. The lowest BCUT2D eigenvalue weighted by atomic mass is 10.0. The molecule has 0 N–H and O–H groups in total. The van der Waals surface area contributed by atoms with E-state index < -0.39 is 0 Å². The second-order valence-corrected chi connectivity index (χ2v) is 8.65. The molecule has 176 valence electrons. The Balaban J connectivity index is 0. The smallest absolute Gasteiger partial charge is 0.0157 e. The molecule has 0 saturated heterocycles. The summed E-state index contributed by atoms with van der Waals surface area (Å²) in [5.74, 6) is 3.76. The van der Waals surface area contributed by atoms with Gasteiger partial charge in [-0.3, -0.25) is 0 Å². The molecular weight excluding hydrogens is 394 g/mol. The summed E-state index contributed by atoms with van der Waals surface area (Å²) in [6, 6.07) is 0. The fourth-order valence-electron chi connectivity index (χ4n) is 3.24. The van der Waals surface area contributed by atoms with Crippen LogP contribution in [-0.4, -0.2) is 30.9 Å². The maximum atomic E-state index is 3.97. The monoisotopic (exact) mass is 443 g/mol. The van der Waals surface area contributed by atoms with Gasteiger partial charge < -0.3 is 4.90 Å². The molecule has 0 heterocycles. The molecule has 0 amide bonds. The van der Waals surface area contributed by atoms with Crippen LogP contribution >= 0.6 is 12.2 Å². The average Bonchev–Trinajstić information content (AvgIpc) is 3.14. The first-order valence-corrected chi connectivity index (χ1v) is 12.3. The predicted molar refractivity (Wildman–Crippen MR) is 149 cm³/mol. The Morgan fingerprint density at radius 2 is 1.81 bits per heavy atom. The second-order valence-electron chi connectivity index (χ2n) is 8.65. The van der Waals surface area contributed by atoms with Crippen LogP contribution in [0.3, 0.4) is 0 Å². The Bertz CT molecular complexity index is 629. The molecule has 1 unspecified atom stereocenters. The molecule has 2 rings (SSSR count). The van der Waals surface area contributed by atoms with Crippen LogP contribution in [0.4, 0.5) is 0 Å². The van der Waals surface area contributed by atoms with Gasteiger partial charge in [-0.1, -0.05) is 98.7 Å². The van der Waals surface area contributed by atoms with Gasteiger partial charge in [0.15, 0.2) is 0 Å². The highest BCUT2D eigenvalue weighted by atomic mass is 32.1. The van der Waals surface area contributed by atoms with E-state index in [4.69, 9.17) is 0 Å². The van der Waals surface area contributed by atoms with Crippen molar-refractivity contribution in [1.82, 2.24) is 4.90 Å². The van der Waals surface area contributed by atoms with Crippen molar-refractivity contribution < 1.29 is 0 Å². The molecule has 0 bridgehead atoms. The zero-order chi connectivity index (χ0) is 24.2. The van der Waals surface area contributed by atoms with E-state index in [1.807, 2.05) is 6.08 Å². The highest BCUT2D eigenvalue weighted by molar-refractivity contribution is 7.77. The minimum Gasteiger partial charge on any atom is -0.303 e. The van der Waals surface area contributed by atoms with Gasteiger partial charge in [0.05, 0.1) is 0 Å². The van der Waals surface area contributed by atoms with Gasteiger partial charge in [-0.05, 0) is 83.8 Å². The highest BCUT2D eigenvalue weighted by Crippen LogP contribution is 2.36. The maximum absolute atomic E-state index is 3.97. The molecule has 2 aliphatic rings. The first-order valence-electron chi connectivity index (χ1n) is 11.7. The van der Waals surface area contributed by atoms with Gasteiger partial charge >= 0.3 is 0 Å². The van der Waals surface area contributed by atoms with E-state index in [0.717, 1.165) is 25.4 Å². The van der Waals surface area contributed by atoms with Gasteiger partial charge in [-0.25, -0.2) is 0 Å². The molecule has 0 radical (unpaired) electrons. The van der Waals surface area contributed by atoms with Crippen molar-refractivity contribution >= 4 is 18.1 Å². The lowest BCUT2D eigenvalue weighted by Crippen LogP contribution is -2.16. The summed E-state index contributed by atoms with van der Waals surface area (Å²) in [5, 5.41) is 0. The first-order chi connectivity index (χ1) is 14.7. The van der Waals surface area contributed by atoms with Crippen molar-refractivity contribution in [3.8, 4) is 0 Å². The number of hydrogen-bond donors (Lipinski definition) is 0. The summed E-state index contributed by atoms with van der Waals surface area (Å²) >= 11 is 3.83. The minimum absolute atomic E-state index is 0.924. The van der Waals surface area contributed by atoms with Crippen LogP contribution in [0.1, 0.15) is 80.1 Å². The Morgan fingerprint density at radius 1 is 1.16 bits per heavy atom. The topological polar surface area (TPSA) is 3.24 Å². The Morgan fingerprint density at radius 3 is 2.26 bits per heavy atom. The van der Waals surface area contributed by atoms with Crippen LogP contribution < -0.4 is 0 Å². The number of nitrogens with zero attached hydrogens (tertiary/aromatic N) is 1. The zero-order valence-corrected chi connectivity index (χ0v) is 22.4. The van der Waals surface area contributed by atoms with Crippen molar-refractivity contribution in [2.45, 2.75) is 80.1 Å². The van der Waals surface area contributed by atoms with Crippen LogP contribution in [0.5, 0.6) is 0 Å². The molecule has 1 atom stereocenters. The fourth-order valence-corrected chi connectivity index (χ4v) is 3.24. The quantitative estimate of drug-likeness (QED) is 0.219.